The first-order valence-corrected chi connectivity index (χ1v) is 17.2. The Hall–Kier alpha value is -4.21. The number of benzene rings is 4. The van der Waals surface area contributed by atoms with E-state index in [2.05, 4.69) is 5.32 Å². The molecule has 0 heterocycles. The van der Waals surface area contributed by atoms with E-state index >= 15 is 0 Å². The van der Waals surface area contributed by atoms with Crippen LogP contribution in [-0.2, 0) is 32.6 Å². The molecule has 4 aromatic carbocycles. The Morgan fingerprint density at radius 3 is 2.11 bits per heavy atom. The molecule has 0 aromatic heterocycles. The lowest BCUT2D eigenvalue weighted by Gasteiger charge is -2.35. The minimum atomic E-state index is -4.26. The van der Waals surface area contributed by atoms with Crippen molar-refractivity contribution in [3.63, 3.8) is 0 Å². The summed E-state index contributed by atoms with van der Waals surface area (Å²) in [5, 5.41) is 3.65. The topological polar surface area (TPSA) is 86.8 Å². The Balaban J connectivity index is 1.55. The van der Waals surface area contributed by atoms with Crippen LogP contribution >= 0.6 is 11.6 Å². The monoisotopic (exact) mass is 661 g/mol. The molecule has 46 heavy (non-hydrogen) atoms. The predicted molar refractivity (Wildman–Crippen MR) is 178 cm³/mol. The molecule has 240 valence electrons. The summed E-state index contributed by atoms with van der Waals surface area (Å²) < 4.78 is 42.9. The molecule has 5 rings (SSSR count). The fraction of sp³-hybridized carbons (Fsp3) is 0.278. The maximum absolute atomic E-state index is 14.5. The summed E-state index contributed by atoms with van der Waals surface area (Å²) in [6.45, 7) is -0.608. The molecule has 10 heteroatoms. The number of hydrogen-bond acceptors (Lipinski definition) is 4. The van der Waals surface area contributed by atoms with E-state index < -0.39 is 34.3 Å². The van der Waals surface area contributed by atoms with Crippen LogP contribution in [0.4, 0.5) is 10.1 Å². The van der Waals surface area contributed by atoms with E-state index in [-0.39, 0.29) is 35.5 Å². The van der Waals surface area contributed by atoms with Gasteiger partial charge in [0.1, 0.15) is 18.4 Å². The fourth-order valence-corrected chi connectivity index (χ4v) is 7.43. The molecule has 0 radical (unpaired) electrons. The summed E-state index contributed by atoms with van der Waals surface area (Å²) in [6.07, 6.45) is 5.09. The fourth-order valence-electron chi connectivity index (χ4n) is 5.79. The number of sulfonamides is 1. The second-order valence-corrected chi connectivity index (χ2v) is 13.8. The van der Waals surface area contributed by atoms with Crippen molar-refractivity contribution >= 4 is 39.1 Å². The van der Waals surface area contributed by atoms with Gasteiger partial charge in [0, 0.05) is 24.0 Å². The number of nitrogens with zero attached hydrogens (tertiary/aromatic N) is 2. The lowest BCUT2D eigenvalue weighted by atomic mass is 9.94. The first-order valence-electron chi connectivity index (χ1n) is 15.4. The second-order valence-electron chi connectivity index (χ2n) is 11.5. The van der Waals surface area contributed by atoms with Crippen molar-refractivity contribution in [2.45, 2.75) is 62.0 Å². The molecule has 1 saturated carbocycles. The number of rotatable bonds is 12. The molecule has 0 spiro atoms. The lowest BCUT2D eigenvalue weighted by molar-refractivity contribution is -0.140. The van der Waals surface area contributed by atoms with Gasteiger partial charge in [-0.05, 0) is 72.5 Å². The van der Waals surface area contributed by atoms with E-state index in [0.29, 0.717) is 10.6 Å². The number of anilines is 1. The second kappa shape index (κ2) is 15.4. The minimum Gasteiger partial charge on any atom is -0.352 e. The van der Waals surface area contributed by atoms with E-state index in [0.717, 1.165) is 54.1 Å². The highest BCUT2D eigenvalue weighted by Gasteiger charge is 2.35. The Morgan fingerprint density at radius 1 is 0.826 bits per heavy atom. The first kappa shape index (κ1) is 33.2. The van der Waals surface area contributed by atoms with Crippen LogP contribution in [0.2, 0.25) is 5.02 Å². The number of halogens is 2. The molecule has 1 atom stereocenters. The largest absolute Gasteiger partial charge is 0.352 e. The third kappa shape index (κ3) is 8.53. The summed E-state index contributed by atoms with van der Waals surface area (Å²) in [5.41, 5.74) is 1.65. The molecule has 2 amide bonds. The van der Waals surface area contributed by atoms with Crippen LogP contribution in [-0.4, -0.2) is 43.8 Å². The maximum atomic E-state index is 14.5. The minimum absolute atomic E-state index is 0.00295. The maximum Gasteiger partial charge on any atom is 0.264 e. The van der Waals surface area contributed by atoms with Crippen molar-refractivity contribution in [2.75, 3.05) is 10.8 Å². The quantitative estimate of drug-likeness (QED) is 0.182. The number of amides is 2. The molecule has 1 aliphatic rings. The zero-order chi connectivity index (χ0) is 32.5. The molecular formula is C36H37ClFN3O4S. The average molecular weight is 662 g/mol. The molecule has 4 aromatic rings. The van der Waals surface area contributed by atoms with Crippen molar-refractivity contribution in [2.24, 2.45) is 0 Å². The van der Waals surface area contributed by atoms with Gasteiger partial charge in [0.15, 0.2) is 0 Å². The first-order chi connectivity index (χ1) is 22.2. The number of carbonyl (C=O) groups excluding carboxylic acids is 2. The standard InChI is InChI=1S/C36H37ClFN3O4S/c37-29-14-10-13-28(23-29)25-40(34(24-27-11-4-1-5-12-27)36(43)39-31-15-6-2-7-16-31)35(42)26-41(32-21-19-30(38)20-22-32)46(44,45)33-17-8-3-9-18-33/h1,3-5,8-14,17-23,31,34H,2,6-7,15-16,24-26H2,(H,39,43)/t34-/m1/s1. The summed E-state index contributed by atoms with van der Waals surface area (Å²) >= 11 is 6.31. The third-order valence-corrected chi connectivity index (χ3v) is 10.2. The highest BCUT2D eigenvalue weighted by Crippen LogP contribution is 2.26. The van der Waals surface area contributed by atoms with Crippen LogP contribution in [0.25, 0.3) is 0 Å². The van der Waals surface area contributed by atoms with E-state index in [1.807, 2.05) is 36.4 Å². The number of nitrogens with one attached hydrogen (secondary N) is 1. The smallest absolute Gasteiger partial charge is 0.264 e. The summed E-state index contributed by atoms with van der Waals surface area (Å²) in [4.78, 5) is 30.1. The number of hydrogen-bond donors (Lipinski definition) is 1. The van der Waals surface area contributed by atoms with Crippen LogP contribution in [0.15, 0.2) is 114 Å². The molecule has 1 N–H and O–H groups in total. The van der Waals surface area contributed by atoms with Gasteiger partial charge in [-0.25, -0.2) is 12.8 Å². The van der Waals surface area contributed by atoms with E-state index in [9.17, 15) is 22.4 Å². The number of carbonyl (C=O) groups is 2. The van der Waals surface area contributed by atoms with Gasteiger partial charge in [-0.1, -0.05) is 91.5 Å². The Labute approximate surface area is 275 Å². The Kier molecular flexibility index (Phi) is 11.1. The van der Waals surface area contributed by atoms with E-state index in [1.165, 1.54) is 29.2 Å². The molecular weight excluding hydrogens is 625 g/mol. The Morgan fingerprint density at radius 2 is 1.46 bits per heavy atom. The zero-order valence-corrected chi connectivity index (χ0v) is 27.0. The zero-order valence-electron chi connectivity index (χ0n) is 25.4. The van der Waals surface area contributed by atoms with Crippen LogP contribution in [0.3, 0.4) is 0 Å². The summed E-state index contributed by atoms with van der Waals surface area (Å²) in [6, 6.07) is 28.2. The van der Waals surface area contributed by atoms with Crippen molar-refractivity contribution in [3.05, 3.63) is 131 Å². The van der Waals surface area contributed by atoms with Gasteiger partial charge in [0.05, 0.1) is 10.6 Å². The van der Waals surface area contributed by atoms with Gasteiger partial charge in [-0.2, -0.15) is 0 Å². The summed E-state index contributed by atoms with van der Waals surface area (Å²) in [5.74, 6) is -1.44. The van der Waals surface area contributed by atoms with Gasteiger partial charge >= 0.3 is 0 Å². The van der Waals surface area contributed by atoms with Gasteiger partial charge in [0.2, 0.25) is 11.8 Å². The van der Waals surface area contributed by atoms with Gasteiger partial charge in [-0.3, -0.25) is 13.9 Å². The molecule has 0 unspecified atom stereocenters. The average Bonchev–Trinajstić information content (AvgIpc) is 3.07. The van der Waals surface area contributed by atoms with Crippen molar-refractivity contribution in [1.82, 2.24) is 10.2 Å². The highest BCUT2D eigenvalue weighted by molar-refractivity contribution is 7.92. The van der Waals surface area contributed by atoms with Crippen molar-refractivity contribution in [1.29, 1.82) is 0 Å². The van der Waals surface area contributed by atoms with E-state index in [4.69, 9.17) is 11.6 Å². The summed E-state index contributed by atoms with van der Waals surface area (Å²) in [7, 11) is -4.26. The van der Waals surface area contributed by atoms with Gasteiger partial charge < -0.3 is 10.2 Å². The van der Waals surface area contributed by atoms with Gasteiger partial charge in [-0.15, -0.1) is 0 Å². The molecule has 7 nitrogen and oxygen atoms in total. The Bertz CT molecular complexity index is 1720. The predicted octanol–water partition coefficient (Wildman–Crippen LogP) is 6.76. The highest BCUT2D eigenvalue weighted by atomic mass is 35.5. The van der Waals surface area contributed by atoms with Gasteiger partial charge in [0.25, 0.3) is 10.0 Å². The van der Waals surface area contributed by atoms with E-state index in [1.54, 1.807) is 36.4 Å². The lowest BCUT2D eigenvalue weighted by Crippen LogP contribution is -2.55. The van der Waals surface area contributed by atoms with Crippen LogP contribution in [0.5, 0.6) is 0 Å². The molecule has 1 fully saturated rings. The normalized spacial score (nSPS) is 14.3. The van der Waals surface area contributed by atoms with Crippen molar-refractivity contribution in [3.8, 4) is 0 Å². The molecule has 1 aliphatic carbocycles. The molecule has 0 saturated heterocycles. The SMILES string of the molecule is O=C(NC1CCCCC1)[C@@H](Cc1ccccc1)N(Cc1cccc(Cl)c1)C(=O)CN(c1ccc(F)cc1)S(=O)(=O)c1ccccc1. The third-order valence-electron chi connectivity index (χ3n) is 8.19. The molecule has 0 bridgehead atoms. The van der Waals surface area contributed by atoms with Crippen molar-refractivity contribution < 1.29 is 22.4 Å². The van der Waals surface area contributed by atoms with Crippen LogP contribution in [0, 0.1) is 5.82 Å². The molecule has 0 aliphatic heterocycles. The van der Waals surface area contributed by atoms with Crippen LogP contribution in [0.1, 0.15) is 43.2 Å². The van der Waals surface area contributed by atoms with Crippen LogP contribution < -0.4 is 9.62 Å².